The molecule has 0 aliphatic heterocycles. The van der Waals surface area contributed by atoms with Gasteiger partial charge in [0, 0.05) is 17.1 Å². The van der Waals surface area contributed by atoms with E-state index in [1.165, 1.54) is 20.9 Å². The Hall–Kier alpha value is -4.05. The van der Waals surface area contributed by atoms with Crippen LogP contribution < -0.4 is 10.2 Å². The normalized spacial score (nSPS) is 11.9. The van der Waals surface area contributed by atoms with Crippen LogP contribution in [0.1, 0.15) is 48.5 Å². The van der Waals surface area contributed by atoms with Crippen molar-refractivity contribution in [1.29, 1.82) is 0 Å². The van der Waals surface area contributed by atoms with Gasteiger partial charge in [0.15, 0.2) is 0 Å². The van der Waals surface area contributed by atoms with Crippen molar-refractivity contribution in [2.75, 3.05) is 18.1 Å². The smallest absolute Gasteiger partial charge is 0.338 e. The van der Waals surface area contributed by atoms with E-state index in [9.17, 15) is 14.4 Å². The van der Waals surface area contributed by atoms with Crippen molar-refractivity contribution in [3.05, 3.63) is 76.5 Å². The lowest BCUT2D eigenvalue weighted by atomic mass is 10.1. The second-order valence-corrected chi connectivity index (χ2v) is 10.1. The molecule has 2 heterocycles. The number of ether oxygens (including phenoxy) is 1. The van der Waals surface area contributed by atoms with Gasteiger partial charge in [-0.25, -0.2) is 9.48 Å². The Morgan fingerprint density at radius 2 is 1.89 bits per heavy atom. The van der Waals surface area contributed by atoms with Crippen LogP contribution in [-0.4, -0.2) is 45.9 Å². The molecule has 1 N–H and O–H groups in total. The van der Waals surface area contributed by atoms with E-state index in [1.807, 2.05) is 41.8 Å². The second kappa shape index (κ2) is 12.5. The van der Waals surface area contributed by atoms with Gasteiger partial charge in [0.2, 0.25) is 11.8 Å². The summed E-state index contributed by atoms with van der Waals surface area (Å²) in [5.74, 6) is -0.765. The number of para-hydroxylation sites is 1. The Bertz CT molecular complexity index is 1400. The van der Waals surface area contributed by atoms with Gasteiger partial charge in [0.05, 0.1) is 17.7 Å². The van der Waals surface area contributed by atoms with E-state index in [2.05, 4.69) is 29.5 Å². The van der Waals surface area contributed by atoms with Crippen LogP contribution in [0.2, 0.25) is 0 Å². The minimum absolute atomic E-state index is 0.148. The van der Waals surface area contributed by atoms with Gasteiger partial charge in [-0.15, -0.1) is 16.4 Å². The number of carbonyl (C=O) groups is 3. The van der Waals surface area contributed by atoms with Crippen LogP contribution in [0.4, 0.5) is 5.69 Å². The average Bonchev–Trinajstić information content (AvgIpc) is 3.58. The number of fused-ring (bicyclic) bond motifs is 1. The predicted molar refractivity (Wildman–Crippen MR) is 147 cm³/mol. The molecule has 0 radical (unpaired) electrons. The van der Waals surface area contributed by atoms with Crippen LogP contribution in [0.25, 0.3) is 11.0 Å². The van der Waals surface area contributed by atoms with Crippen molar-refractivity contribution in [3.63, 3.8) is 0 Å². The minimum atomic E-state index is -0.943. The summed E-state index contributed by atoms with van der Waals surface area (Å²) >= 11 is 1.39. The molecular weight excluding hydrogens is 502 g/mol. The molecule has 4 aromatic rings. The number of hydrogen-bond donors (Lipinski definition) is 1. The highest BCUT2D eigenvalue weighted by Gasteiger charge is 2.34. The third-order valence-corrected chi connectivity index (χ3v) is 6.87. The van der Waals surface area contributed by atoms with Crippen molar-refractivity contribution in [2.45, 2.75) is 39.8 Å². The van der Waals surface area contributed by atoms with E-state index in [1.54, 1.807) is 31.2 Å². The fourth-order valence-corrected chi connectivity index (χ4v) is 4.89. The third-order valence-electron chi connectivity index (χ3n) is 5.95. The maximum Gasteiger partial charge on any atom is 0.338 e. The van der Waals surface area contributed by atoms with Gasteiger partial charge in [-0.3, -0.25) is 14.5 Å². The highest BCUT2D eigenvalue weighted by molar-refractivity contribution is 7.10. The number of nitrogens with one attached hydrogen (secondary N) is 1. The maximum atomic E-state index is 14.0. The molecule has 10 heteroatoms. The van der Waals surface area contributed by atoms with Crippen LogP contribution in [0.5, 0.6) is 0 Å². The molecule has 0 saturated heterocycles. The van der Waals surface area contributed by atoms with Crippen LogP contribution >= 0.6 is 11.3 Å². The molecule has 4 rings (SSSR count). The zero-order valence-corrected chi connectivity index (χ0v) is 22.5. The number of amides is 2. The molecule has 2 amide bonds. The standard InChI is InChI=1S/C28H31N5O4S/c1-4-37-28(36)20-9-7-10-21(17-20)33(25(34)18-32-23-12-6-5-11-22(23)30-31-32)26(24-13-8-16-38-24)27(35)29-15-14-19(2)3/h5-13,16-17,19,26H,4,14-15,18H2,1-3H3,(H,29,35)/t26-/m1/s1. The van der Waals surface area contributed by atoms with E-state index >= 15 is 0 Å². The molecule has 0 bridgehead atoms. The second-order valence-electron chi connectivity index (χ2n) is 9.16. The van der Waals surface area contributed by atoms with Gasteiger partial charge in [0.25, 0.3) is 0 Å². The lowest BCUT2D eigenvalue weighted by Crippen LogP contribution is -2.45. The Labute approximate surface area is 225 Å². The average molecular weight is 534 g/mol. The SMILES string of the molecule is CCOC(=O)c1cccc(N(C(=O)Cn2nnc3ccccc32)[C@@H](C(=O)NCCC(C)C)c2cccs2)c1. The summed E-state index contributed by atoms with van der Waals surface area (Å²) in [6, 6.07) is 16.7. The highest BCUT2D eigenvalue weighted by Crippen LogP contribution is 2.32. The van der Waals surface area contributed by atoms with Crippen LogP contribution in [0.3, 0.4) is 0 Å². The van der Waals surface area contributed by atoms with Gasteiger partial charge < -0.3 is 10.1 Å². The number of benzene rings is 2. The Kier molecular flexibility index (Phi) is 8.85. The summed E-state index contributed by atoms with van der Waals surface area (Å²) in [7, 11) is 0. The number of anilines is 1. The molecule has 2 aromatic heterocycles. The van der Waals surface area contributed by atoms with E-state index in [0.717, 1.165) is 6.42 Å². The molecule has 0 fully saturated rings. The van der Waals surface area contributed by atoms with Gasteiger partial charge >= 0.3 is 5.97 Å². The zero-order valence-electron chi connectivity index (χ0n) is 21.7. The molecule has 2 aromatic carbocycles. The number of thiophene rings is 1. The van der Waals surface area contributed by atoms with E-state index in [-0.39, 0.29) is 25.0 Å². The lowest BCUT2D eigenvalue weighted by Gasteiger charge is -2.31. The molecule has 198 valence electrons. The third kappa shape index (κ3) is 6.25. The van der Waals surface area contributed by atoms with Crippen molar-refractivity contribution >= 4 is 45.8 Å². The van der Waals surface area contributed by atoms with Crippen LogP contribution in [0, 0.1) is 5.92 Å². The largest absolute Gasteiger partial charge is 0.462 e. The highest BCUT2D eigenvalue weighted by atomic mass is 32.1. The first kappa shape index (κ1) is 27.0. The summed E-state index contributed by atoms with van der Waals surface area (Å²) < 4.78 is 6.69. The number of nitrogens with zero attached hydrogens (tertiary/aromatic N) is 4. The molecule has 1 atom stereocenters. The minimum Gasteiger partial charge on any atom is -0.462 e. The number of aromatic nitrogens is 3. The van der Waals surface area contributed by atoms with E-state index in [0.29, 0.717) is 39.6 Å². The van der Waals surface area contributed by atoms with Gasteiger partial charge in [-0.2, -0.15) is 0 Å². The first-order valence-corrected chi connectivity index (χ1v) is 13.5. The van der Waals surface area contributed by atoms with Crippen molar-refractivity contribution in [2.24, 2.45) is 5.92 Å². The fraction of sp³-hybridized carbons (Fsp3) is 0.321. The predicted octanol–water partition coefficient (Wildman–Crippen LogP) is 4.61. The first-order valence-electron chi connectivity index (χ1n) is 12.6. The fourth-order valence-electron chi connectivity index (χ4n) is 4.07. The van der Waals surface area contributed by atoms with Crippen LogP contribution in [0.15, 0.2) is 66.0 Å². The van der Waals surface area contributed by atoms with Gasteiger partial charge in [-0.05, 0) is 61.0 Å². The first-order chi connectivity index (χ1) is 18.4. The topological polar surface area (TPSA) is 106 Å². The molecule has 0 aliphatic carbocycles. The number of hydrogen-bond acceptors (Lipinski definition) is 7. The molecule has 0 aliphatic rings. The summed E-state index contributed by atoms with van der Waals surface area (Å²) in [6.07, 6.45) is 0.806. The Morgan fingerprint density at radius 1 is 1.08 bits per heavy atom. The number of carbonyl (C=O) groups excluding carboxylic acids is 3. The van der Waals surface area contributed by atoms with Gasteiger partial charge in [-0.1, -0.05) is 43.3 Å². The van der Waals surface area contributed by atoms with Crippen molar-refractivity contribution < 1.29 is 19.1 Å². The zero-order chi connectivity index (χ0) is 27.1. The lowest BCUT2D eigenvalue weighted by molar-refractivity contribution is -0.126. The number of rotatable bonds is 11. The molecule has 0 unspecified atom stereocenters. The Morgan fingerprint density at radius 3 is 2.63 bits per heavy atom. The molecule has 0 saturated carbocycles. The van der Waals surface area contributed by atoms with Crippen molar-refractivity contribution in [1.82, 2.24) is 20.3 Å². The number of esters is 1. The summed E-state index contributed by atoms with van der Waals surface area (Å²) in [5.41, 5.74) is 2.06. The molecular formula is C28H31N5O4S. The Balaban J connectivity index is 1.76. The summed E-state index contributed by atoms with van der Waals surface area (Å²) in [6.45, 7) is 6.46. The van der Waals surface area contributed by atoms with Crippen LogP contribution in [-0.2, 0) is 20.9 Å². The summed E-state index contributed by atoms with van der Waals surface area (Å²) in [4.78, 5) is 42.3. The molecule has 0 spiro atoms. The monoisotopic (exact) mass is 533 g/mol. The van der Waals surface area contributed by atoms with E-state index < -0.39 is 12.0 Å². The maximum absolute atomic E-state index is 14.0. The van der Waals surface area contributed by atoms with Crippen molar-refractivity contribution in [3.8, 4) is 0 Å². The summed E-state index contributed by atoms with van der Waals surface area (Å²) in [5, 5.41) is 13.2. The molecule has 38 heavy (non-hydrogen) atoms. The van der Waals surface area contributed by atoms with Gasteiger partial charge in [0.1, 0.15) is 18.1 Å². The van der Waals surface area contributed by atoms with E-state index in [4.69, 9.17) is 4.74 Å². The molecule has 9 nitrogen and oxygen atoms in total. The quantitative estimate of drug-likeness (QED) is 0.282.